The molecule has 0 saturated heterocycles. The molecule has 1 amide bonds. The zero-order valence-corrected chi connectivity index (χ0v) is 13.2. The summed E-state index contributed by atoms with van der Waals surface area (Å²) in [5, 5.41) is 11.7. The number of hydrogen-bond acceptors (Lipinski definition) is 4. The molecule has 0 saturated carbocycles. The van der Waals surface area contributed by atoms with Gasteiger partial charge in [0.25, 0.3) is 5.91 Å². The third kappa shape index (κ3) is 4.82. The SMILES string of the molecule is Cc1ccccc1NC(=O)COC(=O)/C(C#N)=C\c1ccccc1. The highest BCUT2D eigenvalue weighted by Gasteiger charge is 2.13. The van der Waals surface area contributed by atoms with Crippen molar-refractivity contribution >= 4 is 23.6 Å². The van der Waals surface area contributed by atoms with Crippen molar-refractivity contribution < 1.29 is 14.3 Å². The Morgan fingerprint density at radius 2 is 1.79 bits per heavy atom. The molecule has 5 heteroatoms. The molecule has 24 heavy (non-hydrogen) atoms. The van der Waals surface area contributed by atoms with Crippen LogP contribution in [0.1, 0.15) is 11.1 Å². The van der Waals surface area contributed by atoms with Gasteiger partial charge in [-0.3, -0.25) is 4.79 Å². The molecule has 2 rings (SSSR count). The smallest absolute Gasteiger partial charge is 0.349 e. The van der Waals surface area contributed by atoms with Crippen molar-refractivity contribution in [3.05, 3.63) is 71.3 Å². The topological polar surface area (TPSA) is 79.2 Å². The van der Waals surface area contributed by atoms with E-state index in [9.17, 15) is 9.59 Å². The first-order chi connectivity index (χ1) is 11.6. The highest BCUT2D eigenvalue weighted by atomic mass is 16.5. The van der Waals surface area contributed by atoms with Crippen molar-refractivity contribution in [2.45, 2.75) is 6.92 Å². The molecule has 0 aromatic heterocycles. The number of esters is 1. The molecule has 0 aliphatic carbocycles. The summed E-state index contributed by atoms with van der Waals surface area (Å²) in [5.41, 5.74) is 2.10. The maximum atomic E-state index is 11.9. The van der Waals surface area contributed by atoms with Crippen LogP contribution in [0.15, 0.2) is 60.2 Å². The highest BCUT2D eigenvalue weighted by molar-refractivity contribution is 6.00. The largest absolute Gasteiger partial charge is 0.451 e. The normalized spacial score (nSPS) is 10.6. The summed E-state index contributed by atoms with van der Waals surface area (Å²) >= 11 is 0. The van der Waals surface area contributed by atoms with Gasteiger partial charge in [-0.25, -0.2) is 4.79 Å². The molecule has 0 unspecified atom stereocenters. The Labute approximate surface area is 140 Å². The Morgan fingerprint density at radius 1 is 1.12 bits per heavy atom. The van der Waals surface area contributed by atoms with Gasteiger partial charge in [-0.05, 0) is 30.2 Å². The summed E-state index contributed by atoms with van der Waals surface area (Å²) < 4.78 is 4.90. The van der Waals surface area contributed by atoms with E-state index in [-0.39, 0.29) is 5.57 Å². The Bertz CT molecular complexity index is 805. The molecule has 0 aliphatic heterocycles. The first-order valence-electron chi connectivity index (χ1n) is 7.29. The summed E-state index contributed by atoms with van der Waals surface area (Å²) in [7, 11) is 0. The molecule has 5 nitrogen and oxygen atoms in total. The number of aryl methyl sites for hydroxylation is 1. The first kappa shape index (κ1) is 17.0. The lowest BCUT2D eigenvalue weighted by molar-refractivity contribution is -0.142. The number of benzene rings is 2. The molecular formula is C19H16N2O3. The maximum Gasteiger partial charge on any atom is 0.349 e. The van der Waals surface area contributed by atoms with Crippen LogP contribution in [0, 0.1) is 18.3 Å². The van der Waals surface area contributed by atoms with E-state index in [2.05, 4.69) is 5.32 Å². The second kappa shape index (κ2) is 8.30. The summed E-state index contributed by atoms with van der Waals surface area (Å²) in [5.74, 6) is -1.30. The number of carbonyl (C=O) groups excluding carboxylic acids is 2. The van der Waals surface area contributed by atoms with Gasteiger partial charge in [0.05, 0.1) is 0 Å². The van der Waals surface area contributed by atoms with E-state index in [1.54, 1.807) is 42.5 Å². The lowest BCUT2D eigenvalue weighted by Gasteiger charge is -2.08. The molecule has 0 spiro atoms. The summed E-state index contributed by atoms with van der Waals surface area (Å²) in [6.45, 7) is 1.40. The van der Waals surface area contributed by atoms with Crippen molar-refractivity contribution in [2.75, 3.05) is 11.9 Å². The van der Waals surface area contributed by atoms with E-state index in [1.807, 2.05) is 25.1 Å². The molecule has 0 atom stereocenters. The number of nitriles is 1. The minimum absolute atomic E-state index is 0.162. The van der Waals surface area contributed by atoms with Crippen LogP contribution in [0.25, 0.3) is 6.08 Å². The van der Waals surface area contributed by atoms with Gasteiger partial charge in [0, 0.05) is 5.69 Å². The fourth-order valence-corrected chi connectivity index (χ4v) is 1.96. The fourth-order valence-electron chi connectivity index (χ4n) is 1.96. The van der Waals surface area contributed by atoms with E-state index in [1.165, 1.54) is 6.08 Å². The molecule has 120 valence electrons. The highest BCUT2D eigenvalue weighted by Crippen LogP contribution is 2.13. The van der Waals surface area contributed by atoms with Crippen LogP contribution in [-0.2, 0) is 14.3 Å². The van der Waals surface area contributed by atoms with Crippen LogP contribution in [0.3, 0.4) is 0 Å². The van der Waals surface area contributed by atoms with Crippen LogP contribution >= 0.6 is 0 Å². The van der Waals surface area contributed by atoms with E-state index in [0.717, 1.165) is 5.56 Å². The van der Waals surface area contributed by atoms with E-state index in [0.29, 0.717) is 11.3 Å². The molecule has 0 aliphatic rings. The second-order valence-corrected chi connectivity index (χ2v) is 5.02. The minimum atomic E-state index is -0.832. The number of carbonyl (C=O) groups is 2. The van der Waals surface area contributed by atoms with Gasteiger partial charge in [0.2, 0.25) is 0 Å². The number of nitrogens with zero attached hydrogens (tertiary/aromatic N) is 1. The van der Waals surface area contributed by atoms with E-state index >= 15 is 0 Å². The van der Waals surface area contributed by atoms with Gasteiger partial charge < -0.3 is 10.1 Å². The first-order valence-corrected chi connectivity index (χ1v) is 7.29. The number of rotatable bonds is 5. The van der Waals surface area contributed by atoms with Gasteiger partial charge in [-0.15, -0.1) is 0 Å². The number of anilines is 1. The van der Waals surface area contributed by atoms with Crippen LogP contribution < -0.4 is 5.32 Å². The van der Waals surface area contributed by atoms with Crippen LogP contribution in [0.2, 0.25) is 0 Å². The van der Waals surface area contributed by atoms with Crippen molar-refractivity contribution in [3.63, 3.8) is 0 Å². The minimum Gasteiger partial charge on any atom is -0.451 e. The van der Waals surface area contributed by atoms with Gasteiger partial charge >= 0.3 is 5.97 Å². The van der Waals surface area contributed by atoms with Gasteiger partial charge in [-0.1, -0.05) is 48.5 Å². The third-order valence-corrected chi connectivity index (χ3v) is 3.20. The average molecular weight is 320 g/mol. The van der Waals surface area contributed by atoms with Gasteiger partial charge in [0.1, 0.15) is 11.6 Å². The Morgan fingerprint density at radius 3 is 2.46 bits per heavy atom. The number of para-hydroxylation sites is 1. The molecule has 2 aromatic rings. The van der Waals surface area contributed by atoms with E-state index < -0.39 is 18.5 Å². The number of nitrogens with one attached hydrogen (secondary N) is 1. The van der Waals surface area contributed by atoms with Crippen LogP contribution in [-0.4, -0.2) is 18.5 Å². The predicted octanol–water partition coefficient (Wildman–Crippen LogP) is 3.08. The molecule has 0 radical (unpaired) electrons. The maximum absolute atomic E-state index is 11.9. The van der Waals surface area contributed by atoms with Gasteiger partial charge in [0.15, 0.2) is 6.61 Å². The molecule has 1 N–H and O–H groups in total. The lowest BCUT2D eigenvalue weighted by atomic mass is 10.1. The molecule has 2 aromatic carbocycles. The average Bonchev–Trinajstić information content (AvgIpc) is 2.60. The summed E-state index contributed by atoms with van der Waals surface area (Å²) in [6.07, 6.45) is 1.42. The third-order valence-electron chi connectivity index (χ3n) is 3.20. The van der Waals surface area contributed by atoms with E-state index in [4.69, 9.17) is 10.00 Å². The fraction of sp³-hybridized carbons (Fsp3) is 0.105. The van der Waals surface area contributed by atoms with Crippen molar-refractivity contribution in [3.8, 4) is 6.07 Å². The number of hydrogen-bond donors (Lipinski definition) is 1. The molecule has 0 heterocycles. The van der Waals surface area contributed by atoms with Crippen LogP contribution in [0.5, 0.6) is 0 Å². The standard InChI is InChI=1S/C19H16N2O3/c1-14-7-5-6-10-17(14)21-18(22)13-24-19(23)16(12-20)11-15-8-3-2-4-9-15/h2-11H,13H2,1H3,(H,21,22)/b16-11-. The quantitative estimate of drug-likeness (QED) is 0.521. The summed E-state index contributed by atoms with van der Waals surface area (Å²) in [4.78, 5) is 23.8. The zero-order valence-electron chi connectivity index (χ0n) is 13.2. The Hall–Kier alpha value is -3.39. The Kier molecular flexibility index (Phi) is 5.87. The monoisotopic (exact) mass is 320 g/mol. The molecular weight excluding hydrogens is 304 g/mol. The van der Waals surface area contributed by atoms with Crippen molar-refractivity contribution in [1.82, 2.24) is 0 Å². The lowest BCUT2D eigenvalue weighted by Crippen LogP contribution is -2.21. The van der Waals surface area contributed by atoms with Crippen molar-refractivity contribution in [2.24, 2.45) is 0 Å². The molecule has 0 fully saturated rings. The number of ether oxygens (including phenoxy) is 1. The zero-order chi connectivity index (χ0) is 17.4. The van der Waals surface area contributed by atoms with Crippen LogP contribution in [0.4, 0.5) is 5.69 Å². The summed E-state index contributed by atoms with van der Waals surface area (Å²) in [6, 6.07) is 18.0. The Balaban J connectivity index is 1.94. The predicted molar refractivity (Wildman–Crippen MR) is 90.8 cm³/mol. The van der Waals surface area contributed by atoms with Crippen molar-refractivity contribution in [1.29, 1.82) is 5.26 Å². The molecule has 0 bridgehead atoms. The van der Waals surface area contributed by atoms with Gasteiger partial charge in [-0.2, -0.15) is 5.26 Å². The number of amides is 1. The second-order valence-electron chi connectivity index (χ2n) is 5.02.